The Kier molecular flexibility index (Phi) is 5.15. The summed E-state index contributed by atoms with van der Waals surface area (Å²) < 4.78 is 19.4. The number of hydrogen-bond acceptors (Lipinski definition) is 2. The molecule has 0 aromatic heterocycles. The lowest BCUT2D eigenvalue weighted by Gasteiger charge is -2.10. The van der Waals surface area contributed by atoms with Crippen molar-refractivity contribution in [1.82, 2.24) is 0 Å². The minimum Gasteiger partial charge on any atom is -0.489 e. The molecule has 2 nitrogen and oxygen atoms in total. The molecule has 5 heteroatoms. The fraction of sp³-hybridized carbons (Fsp3) is 0.188. The van der Waals surface area contributed by atoms with Crippen molar-refractivity contribution >= 4 is 28.8 Å². The van der Waals surface area contributed by atoms with Gasteiger partial charge in [-0.2, -0.15) is 0 Å². The van der Waals surface area contributed by atoms with Crippen molar-refractivity contribution < 1.29 is 9.13 Å². The lowest BCUT2D eigenvalue weighted by Crippen LogP contribution is -2.10. The molecule has 0 radical (unpaired) electrons. The maximum atomic E-state index is 13.8. The Hall–Kier alpha value is -1.65. The summed E-state index contributed by atoms with van der Waals surface area (Å²) in [6, 6.07) is 9.89. The van der Waals surface area contributed by atoms with E-state index >= 15 is 0 Å². The van der Waals surface area contributed by atoms with Gasteiger partial charge in [0, 0.05) is 16.1 Å². The van der Waals surface area contributed by atoms with Gasteiger partial charge in [-0.15, -0.1) is 0 Å². The Morgan fingerprint density at radius 2 is 2.00 bits per heavy atom. The van der Waals surface area contributed by atoms with Crippen LogP contribution in [0.25, 0.3) is 0 Å². The van der Waals surface area contributed by atoms with Gasteiger partial charge in [-0.3, -0.25) is 0 Å². The summed E-state index contributed by atoms with van der Waals surface area (Å²) in [4.78, 5) is 0.232. The van der Waals surface area contributed by atoms with Crippen LogP contribution in [-0.4, -0.2) is 4.99 Å². The molecule has 2 rings (SSSR count). The minimum absolute atomic E-state index is 0.104. The van der Waals surface area contributed by atoms with E-state index in [0.29, 0.717) is 21.9 Å². The Balaban J connectivity index is 2.16. The third-order valence-corrected chi connectivity index (χ3v) is 3.73. The topological polar surface area (TPSA) is 35.2 Å². The highest BCUT2D eigenvalue weighted by atomic mass is 35.5. The first-order chi connectivity index (χ1) is 10.0. The first-order valence-electron chi connectivity index (χ1n) is 6.50. The number of benzene rings is 2. The van der Waals surface area contributed by atoms with Crippen molar-refractivity contribution in [2.75, 3.05) is 0 Å². The summed E-state index contributed by atoms with van der Waals surface area (Å²) in [7, 11) is 0. The van der Waals surface area contributed by atoms with Gasteiger partial charge in [0.2, 0.25) is 0 Å². The minimum atomic E-state index is -0.348. The first kappa shape index (κ1) is 15.7. The summed E-state index contributed by atoms with van der Waals surface area (Å²) in [5.41, 5.74) is 7.57. The van der Waals surface area contributed by atoms with Gasteiger partial charge in [0.25, 0.3) is 0 Å². The van der Waals surface area contributed by atoms with Gasteiger partial charge < -0.3 is 10.5 Å². The molecule has 0 spiro atoms. The maximum absolute atomic E-state index is 13.8. The summed E-state index contributed by atoms with van der Waals surface area (Å²) in [5.74, 6) is 0.302. The summed E-state index contributed by atoms with van der Waals surface area (Å²) in [6.45, 7) is 2.11. The van der Waals surface area contributed by atoms with E-state index in [1.807, 2.05) is 13.0 Å². The number of ether oxygens (including phenoxy) is 1. The van der Waals surface area contributed by atoms with Crippen molar-refractivity contribution in [3.63, 3.8) is 0 Å². The molecule has 0 amide bonds. The highest BCUT2D eigenvalue weighted by molar-refractivity contribution is 7.80. The van der Waals surface area contributed by atoms with Gasteiger partial charge in [0.15, 0.2) is 0 Å². The smallest absolute Gasteiger partial charge is 0.129 e. The van der Waals surface area contributed by atoms with Gasteiger partial charge in [-0.05, 0) is 48.4 Å². The molecule has 0 aliphatic rings. The van der Waals surface area contributed by atoms with Crippen molar-refractivity contribution in [2.24, 2.45) is 5.73 Å². The van der Waals surface area contributed by atoms with Gasteiger partial charge in [0.1, 0.15) is 23.2 Å². The summed E-state index contributed by atoms with van der Waals surface area (Å²) >= 11 is 10.9. The second-order valence-electron chi connectivity index (χ2n) is 4.57. The zero-order valence-electron chi connectivity index (χ0n) is 11.5. The molecule has 0 aliphatic carbocycles. The Morgan fingerprint density at radius 1 is 1.24 bits per heavy atom. The Bertz CT molecular complexity index is 675. The van der Waals surface area contributed by atoms with Crippen LogP contribution in [0.15, 0.2) is 36.4 Å². The predicted octanol–water partition coefficient (Wildman–Crippen LogP) is 4.25. The molecule has 2 aromatic carbocycles. The van der Waals surface area contributed by atoms with Crippen LogP contribution < -0.4 is 10.5 Å². The SMILES string of the molecule is CCc1cc(OCc2cc(C(N)=S)ccc2F)ccc1Cl. The van der Waals surface area contributed by atoms with E-state index in [4.69, 9.17) is 34.3 Å². The number of halogens is 2. The monoisotopic (exact) mass is 323 g/mol. The second-order valence-corrected chi connectivity index (χ2v) is 5.41. The normalized spacial score (nSPS) is 10.4. The quantitative estimate of drug-likeness (QED) is 0.835. The van der Waals surface area contributed by atoms with Crippen molar-refractivity contribution in [2.45, 2.75) is 20.0 Å². The fourth-order valence-electron chi connectivity index (χ4n) is 1.91. The average Bonchev–Trinajstić information content (AvgIpc) is 2.47. The molecule has 110 valence electrons. The van der Waals surface area contributed by atoms with E-state index in [0.717, 1.165) is 12.0 Å². The maximum Gasteiger partial charge on any atom is 0.129 e. The van der Waals surface area contributed by atoms with Gasteiger partial charge >= 0.3 is 0 Å². The van der Waals surface area contributed by atoms with Crippen LogP contribution in [0.2, 0.25) is 5.02 Å². The molecule has 2 aromatic rings. The molecule has 2 N–H and O–H groups in total. The lowest BCUT2D eigenvalue weighted by molar-refractivity contribution is 0.299. The molecule has 21 heavy (non-hydrogen) atoms. The zero-order valence-corrected chi connectivity index (χ0v) is 13.1. The van der Waals surface area contributed by atoms with Crippen molar-refractivity contribution in [3.8, 4) is 5.75 Å². The molecule has 0 saturated carbocycles. The highest BCUT2D eigenvalue weighted by Crippen LogP contribution is 2.23. The summed E-state index contributed by atoms with van der Waals surface area (Å²) in [5, 5.41) is 0.700. The molecule has 0 aliphatic heterocycles. The summed E-state index contributed by atoms with van der Waals surface area (Å²) in [6.07, 6.45) is 0.807. The van der Waals surface area contributed by atoms with Crippen molar-refractivity contribution in [3.05, 3.63) is 63.9 Å². The van der Waals surface area contributed by atoms with Crippen LogP contribution in [-0.2, 0) is 13.0 Å². The third kappa shape index (κ3) is 3.93. The Labute approximate surface area is 133 Å². The van der Waals surface area contributed by atoms with Crippen LogP contribution in [0.4, 0.5) is 4.39 Å². The molecule has 0 unspecified atom stereocenters. The molecule has 0 bridgehead atoms. The van der Waals surface area contributed by atoms with E-state index in [2.05, 4.69) is 0 Å². The largest absolute Gasteiger partial charge is 0.489 e. The molecule has 0 fully saturated rings. The van der Waals surface area contributed by atoms with E-state index in [9.17, 15) is 4.39 Å². The predicted molar refractivity (Wildman–Crippen MR) is 87.4 cm³/mol. The molecule has 0 atom stereocenters. The Morgan fingerprint density at radius 3 is 2.67 bits per heavy atom. The van der Waals surface area contributed by atoms with Crippen LogP contribution >= 0.6 is 23.8 Å². The number of hydrogen-bond donors (Lipinski definition) is 1. The van der Waals surface area contributed by atoms with E-state index < -0.39 is 0 Å². The second kappa shape index (κ2) is 6.87. The van der Waals surface area contributed by atoms with Gasteiger partial charge in [-0.1, -0.05) is 30.7 Å². The van der Waals surface area contributed by atoms with E-state index in [-0.39, 0.29) is 17.4 Å². The van der Waals surface area contributed by atoms with Crippen LogP contribution in [0.3, 0.4) is 0 Å². The van der Waals surface area contributed by atoms with Crippen LogP contribution in [0.1, 0.15) is 23.6 Å². The van der Waals surface area contributed by atoms with Crippen molar-refractivity contribution in [1.29, 1.82) is 0 Å². The van der Waals surface area contributed by atoms with E-state index in [1.54, 1.807) is 24.3 Å². The van der Waals surface area contributed by atoms with E-state index in [1.165, 1.54) is 6.07 Å². The fourth-order valence-corrected chi connectivity index (χ4v) is 2.29. The molecular formula is C16H15ClFNOS. The van der Waals surface area contributed by atoms with Gasteiger partial charge in [0.05, 0.1) is 0 Å². The van der Waals surface area contributed by atoms with Crippen LogP contribution in [0, 0.1) is 5.82 Å². The number of rotatable bonds is 5. The highest BCUT2D eigenvalue weighted by Gasteiger charge is 2.07. The molecular weight excluding hydrogens is 309 g/mol. The lowest BCUT2D eigenvalue weighted by atomic mass is 10.1. The van der Waals surface area contributed by atoms with Gasteiger partial charge in [-0.25, -0.2) is 4.39 Å². The zero-order chi connectivity index (χ0) is 15.4. The van der Waals surface area contributed by atoms with Crippen LogP contribution in [0.5, 0.6) is 5.75 Å². The molecule has 0 heterocycles. The average molecular weight is 324 g/mol. The first-order valence-corrected chi connectivity index (χ1v) is 7.29. The molecule has 0 saturated heterocycles. The number of thiocarbonyl (C=S) groups is 1. The standard InChI is InChI=1S/C16H15ClFNOS/c1-2-10-8-13(4-5-14(10)17)20-9-12-7-11(16(19)21)3-6-15(12)18/h3-8H,2,9H2,1H3,(H2,19,21). The number of aryl methyl sites for hydroxylation is 1. The number of nitrogens with two attached hydrogens (primary N) is 1. The third-order valence-electron chi connectivity index (χ3n) is 3.12.